The molecule has 0 aliphatic heterocycles. The fourth-order valence-electron chi connectivity index (χ4n) is 1.20. The van der Waals surface area contributed by atoms with Crippen LogP contribution in [0.3, 0.4) is 0 Å². The zero-order chi connectivity index (χ0) is 9.42. The summed E-state index contributed by atoms with van der Waals surface area (Å²) in [5.74, 6) is -0.0302. The number of hydrogen-bond acceptors (Lipinski definition) is 2. The van der Waals surface area contributed by atoms with Crippen molar-refractivity contribution in [3.8, 4) is 0 Å². The molecule has 5 heteroatoms. The Balaban J connectivity index is 0.000000980. The average Bonchev–Trinajstić information content (AvgIpc) is 2.42. The topological polar surface area (TPSA) is 64.0 Å². The summed E-state index contributed by atoms with van der Waals surface area (Å²) in [4.78, 5) is 28.0. The number of aromatic amines is 1. The van der Waals surface area contributed by atoms with Crippen molar-refractivity contribution >= 4 is 16.8 Å². The summed E-state index contributed by atoms with van der Waals surface area (Å²) in [6.45, 7) is 1.48. The first-order valence-electron chi connectivity index (χ1n) is 3.84. The first kappa shape index (κ1) is 11.9. The summed E-state index contributed by atoms with van der Waals surface area (Å²) < 4.78 is 0. The minimum Gasteiger partial charge on any atom is -0.424 e. The predicted molar refractivity (Wildman–Crippen MR) is 47.9 cm³/mol. The van der Waals surface area contributed by atoms with Crippen LogP contribution in [-0.4, -0.2) is 10.8 Å². The molecule has 0 fully saturated rings. The third kappa shape index (κ3) is 2.24. The Morgan fingerprint density at radius 2 is 2.14 bits per heavy atom. The summed E-state index contributed by atoms with van der Waals surface area (Å²) >= 11 is 0. The molecule has 0 saturated heterocycles. The number of aromatic nitrogens is 2. The normalized spacial score (nSPS) is 9.79. The molecule has 1 heterocycles. The van der Waals surface area contributed by atoms with Crippen molar-refractivity contribution in [1.82, 2.24) is 9.97 Å². The van der Waals surface area contributed by atoms with E-state index in [0.29, 0.717) is 16.6 Å². The molecule has 1 N–H and O–H groups in total. The fraction of sp³-hybridized carbons (Fsp3) is 0.111. The summed E-state index contributed by atoms with van der Waals surface area (Å²) in [6, 6.07) is 4.96. The number of H-pyrrole nitrogens is 1. The van der Waals surface area contributed by atoms with E-state index in [-0.39, 0.29) is 62.9 Å². The second-order valence-corrected chi connectivity index (χ2v) is 2.83. The van der Waals surface area contributed by atoms with E-state index in [1.54, 1.807) is 18.2 Å². The number of nitrogens with zero attached hydrogens (tertiary/aromatic N) is 1. The number of carbonyl (C=O) groups excluding carboxylic acids is 1. The van der Waals surface area contributed by atoms with Gasteiger partial charge in [-0.25, -0.2) is 0 Å². The molecule has 4 nitrogen and oxygen atoms in total. The van der Waals surface area contributed by atoms with Crippen molar-refractivity contribution in [3.63, 3.8) is 0 Å². The first-order valence-corrected chi connectivity index (χ1v) is 3.84. The third-order valence-corrected chi connectivity index (χ3v) is 1.87. The molecular weight excluding hydrogens is 207 g/mol. The fourth-order valence-corrected chi connectivity index (χ4v) is 1.20. The smallest absolute Gasteiger partial charge is 0.424 e. The molecule has 0 spiro atoms. The van der Waals surface area contributed by atoms with E-state index < -0.39 is 0 Å². The van der Waals surface area contributed by atoms with Crippen LogP contribution in [0.5, 0.6) is 0 Å². The number of hydrogen-bond donors (Lipinski definition) is 1. The molecule has 0 unspecified atom stereocenters. The summed E-state index contributed by atoms with van der Waals surface area (Å²) in [6.07, 6.45) is 0. The van der Waals surface area contributed by atoms with Crippen LogP contribution in [0, 0.1) is 0 Å². The van der Waals surface area contributed by atoms with Crippen molar-refractivity contribution < 1.29 is 56.2 Å². The molecule has 1 aromatic heterocycles. The molecule has 0 atom stereocenters. The average molecular weight is 214 g/mol. The van der Waals surface area contributed by atoms with Gasteiger partial charge in [-0.1, -0.05) is 12.1 Å². The number of fused-ring (bicyclic) bond motifs is 1. The Kier molecular flexibility index (Phi) is 3.85. The zero-order valence-electron chi connectivity index (χ0n) is 8.00. The number of benzene rings is 1. The van der Waals surface area contributed by atoms with E-state index in [1.807, 2.05) is 0 Å². The molecule has 2 aromatic rings. The van der Waals surface area contributed by atoms with E-state index in [0.717, 1.165) is 0 Å². The molecular formula is C9H7KN2O2. The molecule has 2 rings (SSSR count). The molecule has 66 valence electrons. The van der Waals surface area contributed by atoms with Gasteiger partial charge in [-0.15, -0.1) is 0 Å². The maximum atomic E-state index is 11.0. The van der Waals surface area contributed by atoms with Crippen molar-refractivity contribution in [3.05, 3.63) is 34.2 Å². The number of imidazole rings is 1. The second-order valence-electron chi connectivity index (χ2n) is 2.83. The number of carbonyl (C=O) groups is 1. The standard InChI is InChI=1S/C9H8N2O2.K/c1-5(12)6-2-3-7-8(4-6)11-9(13)10-7;/h2-4H,1H3,(H2,10,11,12,13);/q;+1/p-1. The molecule has 0 bridgehead atoms. The van der Waals surface area contributed by atoms with Crippen LogP contribution in [-0.2, 0) is 0 Å². The quantitative estimate of drug-likeness (QED) is 0.428. The van der Waals surface area contributed by atoms with Gasteiger partial charge >= 0.3 is 51.4 Å². The van der Waals surface area contributed by atoms with Crippen molar-refractivity contribution in [2.24, 2.45) is 0 Å². The van der Waals surface area contributed by atoms with Crippen LogP contribution in [0.2, 0.25) is 0 Å². The Morgan fingerprint density at radius 3 is 2.79 bits per heavy atom. The van der Waals surface area contributed by atoms with Crippen molar-refractivity contribution in [2.75, 3.05) is 0 Å². The largest absolute Gasteiger partial charge is 1.00 e. The van der Waals surface area contributed by atoms with Crippen molar-refractivity contribution in [2.45, 2.75) is 6.92 Å². The van der Waals surface area contributed by atoms with E-state index >= 15 is 0 Å². The van der Waals surface area contributed by atoms with Gasteiger partial charge in [0.1, 0.15) is 0 Å². The monoisotopic (exact) mass is 214 g/mol. The van der Waals surface area contributed by atoms with Crippen LogP contribution in [0.1, 0.15) is 17.3 Å². The summed E-state index contributed by atoms with van der Waals surface area (Å²) in [5, 5.41) is 0. The Morgan fingerprint density at radius 1 is 1.43 bits per heavy atom. The molecule has 0 radical (unpaired) electrons. The van der Waals surface area contributed by atoms with Crippen LogP contribution < -0.4 is 62.1 Å². The van der Waals surface area contributed by atoms with Crippen molar-refractivity contribution in [1.29, 1.82) is 0 Å². The molecule has 0 aliphatic rings. The van der Waals surface area contributed by atoms with Gasteiger partial charge in [0.15, 0.2) is 11.5 Å². The Labute approximate surface area is 123 Å². The van der Waals surface area contributed by atoms with Gasteiger partial charge in [0, 0.05) is 5.56 Å². The molecule has 14 heavy (non-hydrogen) atoms. The van der Waals surface area contributed by atoms with E-state index in [9.17, 15) is 9.59 Å². The first-order chi connectivity index (χ1) is 6.16. The third-order valence-electron chi connectivity index (χ3n) is 1.87. The number of Topliss-reactive ketones (excluding diaryl/α,β-unsaturated/α-hetero) is 1. The molecule has 0 saturated carbocycles. The maximum absolute atomic E-state index is 11.0. The Hall–Kier alpha value is -0.204. The van der Waals surface area contributed by atoms with Gasteiger partial charge in [0.05, 0.1) is 0 Å². The van der Waals surface area contributed by atoms with Crippen LogP contribution in [0.4, 0.5) is 0 Å². The number of rotatable bonds is 1. The van der Waals surface area contributed by atoms with E-state index in [1.165, 1.54) is 6.92 Å². The van der Waals surface area contributed by atoms with E-state index in [4.69, 9.17) is 0 Å². The molecule has 1 aromatic carbocycles. The van der Waals surface area contributed by atoms with Gasteiger partial charge in [0.2, 0.25) is 0 Å². The van der Waals surface area contributed by atoms with Crippen LogP contribution in [0.25, 0.3) is 11.0 Å². The number of ketones is 1. The van der Waals surface area contributed by atoms with Gasteiger partial charge in [0.25, 0.3) is 0 Å². The Bertz CT molecular complexity index is 527. The SMILES string of the molecule is CC(=O)c1ccc2[nH]c(=O)[n-]c2c1.[K+]. The van der Waals surface area contributed by atoms with Crippen LogP contribution in [0.15, 0.2) is 23.0 Å². The summed E-state index contributed by atoms with van der Waals surface area (Å²) in [5.41, 5.74) is 1.39. The van der Waals surface area contributed by atoms with Crippen LogP contribution >= 0.6 is 0 Å². The predicted octanol–water partition coefficient (Wildman–Crippen LogP) is -2.31. The minimum atomic E-state index is -0.379. The summed E-state index contributed by atoms with van der Waals surface area (Å²) in [7, 11) is 0. The van der Waals surface area contributed by atoms with Gasteiger partial charge in [-0.2, -0.15) is 0 Å². The molecule has 0 aliphatic carbocycles. The second kappa shape index (κ2) is 4.54. The van der Waals surface area contributed by atoms with Gasteiger partial charge in [-0.3, -0.25) is 9.59 Å². The molecule has 0 amide bonds. The zero-order valence-corrected chi connectivity index (χ0v) is 11.1. The maximum Gasteiger partial charge on any atom is 1.00 e. The van der Waals surface area contributed by atoms with Gasteiger partial charge < -0.3 is 9.97 Å². The minimum absolute atomic E-state index is 0. The van der Waals surface area contributed by atoms with E-state index in [2.05, 4.69) is 9.97 Å². The van der Waals surface area contributed by atoms with Gasteiger partial charge in [-0.05, 0) is 24.0 Å². The number of nitrogens with one attached hydrogen (secondary N) is 1.